The summed E-state index contributed by atoms with van der Waals surface area (Å²) < 4.78 is 0. The van der Waals surface area contributed by atoms with Gasteiger partial charge >= 0.3 is 6.03 Å². The van der Waals surface area contributed by atoms with Gasteiger partial charge in [-0.15, -0.1) is 0 Å². The molecule has 1 aromatic rings. The van der Waals surface area contributed by atoms with Crippen LogP contribution in [0.3, 0.4) is 0 Å². The van der Waals surface area contributed by atoms with Crippen molar-refractivity contribution in [3.63, 3.8) is 0 Å². The van der Waals surface area contributed by atoms with Crippen LogP contribution < -0.4 is 5.32 Å². The van der Waals surface area contributed by atoms with E-state index in [1.807, 2.05) is 54.8 Å². The van der Waals surface area contributed by atoms with Crippen LogP contribution in [-0.2, 0) is 6.42 Å². The summed E-state index contributed by atoms with van der Waals surface area (Å²) in [5.74, 6) is 0.659. The lowest BCUT2D eigenvalue weighted by Gasteiger charge is -2.27. The van der Waals surface area contributed by atoms with E-state index in [0.717, 1.165) is 18.4 Å². The summed E-state index contributed by atoms with van der Waals surface area (Å²) in [6.07, 6.45) is 1.82. The van der Waals surface area contributed by atoms with E-state index in [9.17, 15) is 9.59 Å². The first-order chi connectivity index (χ1) is 12.2. The monoisotopic (exact) mass is 359 g/mol. The lowest BCUT2D eigenvalue weighted by molar-refractivity contribution is 0.0762. The van der Waals surface area contributed by atoms with Gasteiger partial charge in [0.1, 0.15) is 0 Å². The van der Waals surface area contributed by atoms with Gasteiger partial charge in [0.25, 0.3) is 5.91 Å². The molecule has 0 aliphatic carbocycles. The Kier molecular flexibility index (Phi) is 6.68. The van der Waals surface area contributed by atoms with E-state index >= 15 is 0 Å². The van der Waals surface area contributed by atoms with Crippen LogP contribution in [0.25, 0.3) is 0 Å². The highest BCUT2D eigenvalue weighted by atomic mass is 16.2. The van der Waals surface area contributed by atoms with Crippen LogP contribution in [0.5, 0.6) is 0 Å². The Morgan fingerprint density at radius 2 is 1.58 bits per heavy atom. The normalized spacial score (nSPS) is 15.8. The van der Waals surface area contributed by atoms with Crippen molar-refractivity contribution in [2.24, 2.45) is 5.92 Å². The molecule has 1 aliphatic heterocycles. The highest BCUT2D eigenvalue weighted by Gasteiger charge is 2.24. The van der Waals surface area contributed by atoms with E-state index in [2.05, 4.69) is 19.2 Å². The molecule has 0 atom stereocenters. The summed E-state index contributed by atoms with van der Waals surface area (Å²) in [6, 6.07) is 7.90. The minimum absolute atomic E-state index is 0.0511. The number of carbonyl (C=O) groups is 2. The van der Waals surface area contributed by atoms with Gasteiger partial charge < -0.3 is 15.1 Å². The molecule has 2 rings (SSSR count). The Morgan fingerprint density at radius 1 is 1.00 bits per heavy atom. The van der Waals surface area contributed by atoms with Crippen molar-refractivity contribution in [3.05, 3.63) is 35.4 Å². The molecule has 0 saturated carbocycles. The number of amides is 3. The molecular weight excluding hydrogens is 326 g/mol. The van der Waals surface area contributed by atoms with Gasteiger partial charge in [0, 0.05) is 37.3 Å². The predicted octanol–water partition coefficient (Wildman–Crippen LogP) is 3.54. The second kappa shape index (κ2) is 8.56. The molecule has 1 aliphatic rings. The SMILES string of the molecule is CC(C)Cc1ccc(C(=O)N2CCCN(C(=O)NC(C)(C)C)CC2)cc1. The predicted molar refractivity (Wildman–Crippen MR) is 105 cm³/mol. The van der Waals surface area contributed by atoms with E-state index < -0.39 is 0 Å². The molecular formula is C21H33N3O2. The molecule has 1 aromatic carbocycles. The van der Waals surface area contributed by atoms with Gasteiger partial charge in [-0.2, -0.15) is 0 Å². The Bertz CT molecular complexity index is 617. The fourth-order valence-electron chi connectivity index (χ4n) is 3.16. The van der Waals surface area contributed by atoms with Crippen LogP contribution in [-0.4, -0.2) is 53.5 Å². The number of urea groups is 1. The summed E-state index contributed by atoms with van der Waals surface area (Å²) in [5.41, 5.74) is 1.74. The molecule has 0 aromatic heterocycles. The van der Waals surface area contributed by atoms with E-state index in [0.29, 0.717) is 32.1 Å². The summed E-state index contributed by atoms with van der Waals surface area (Å²) in [5, 5.41) is 3.00. The third-order valence-corrected chi connectivity index (χ3v) is 4.40. The average Bonchev–Trinajstić information content (AvgIpc) is 2.79. The molecule has 1 saturated heterocycles. The van der Waals surface area contributed by atoms with Crippen LogP contribution >= 0.6 is 0 Å². The van der Waals surface area contributed by atoms with Crippen LogP contribution in [0.4, 0.5) is 4.79 Å². The van der Waals surface area contributed by atoms with Crippen LogP contribution in [0.2, 0.25) is 0 Å². The van der Waals surface area contributed by atoms with Crippen molar-refractivity contribution in [1.82, 2.24) is 15.1 Å². The molecule has 0 unspecified atom stereocenters. The first kappa shape index (κ1) is 20.3. The van der Waals surface area contributed by atoms with Crippen molar-refractivity contribution in [2.45, 2.75) is 53.0 Å². The van der Waals surface area contributed by atoms with Gasteiger partial charge in [-0.3, -0.25) is 4.79 Å². The van der Waals surface area contributed by atoms with E-state index in [-0.39, 0.29) is 17.5 Å². The minimum atomic E-state index is -0.253. The molecule has 26 heavy (non-hydrogen) atoms. The number of nitrogens with one attached hydrogen (secondary N) is 1. The Hall–Kier alpha value is -2.04. The summed E-state index contributed by atoms with van der Waals surface area (Å²) in [6.45, 7) is 12.8. The number of rotatable bonds is 3. The van der Waals surface area contributed by atoms with Crippen molar-refractivity contribution in [3.8, 4) is 0 Å². The van der Waals surface area contributed by atoms with Crippen molar-refractivity contribution >= 4 is 11.9 Å². The van der Waals surface area contributed by atoms with Crippen LogP contribution in [0.15, 0.2) is 24.3 Å². The molecule has 1 heterocycles. The number of hydrogen-bond acceptors (Lipinski definition) is 2. The molecule has 0 spiro atoms. The lowest BCUT2D eigenvalue weighted by Crippen LogP contribution is -2.49. The summed E-state index contributed by atoms with van der Waals surface area (Å²) >= 11 is 0. The standard InChI is InChI=1S/C21H33N3O2/c1-16(2)15-17-7-9-18(10-8-17)19(25)23-11-6-12-24(14-13-23)20(26)22-21(3,4)5/h7-10,16H,6,11-15H2,1-5H3,(H,22,26). The molecule has 1 N–H and O–H groups in total. The highest BCUT2D eigenvalue weighted by Crippen LogP contribution is 2.13. The number of benzene rings is 1. The Labute approximate surface area is 157 Å². The second-order valence-electron chi connectivity index (χ2n) is 8.61. The zero-order valence-electron chi connectivity index (χ0n) is 16.8. The zero-order chi connectivity index (χ0) is 19.3. The first-order valence-corrected chi connectivity index (χ1v) is 9.61. The van der Waals surface area contributed by atoms with E-state index in [4.69, 9.17) is 0 Å². The van der Waals surface area contributed by atoms with Gasteiger partial charge in [0.2, 0.25) is 0 Å². The fraction of sp³-hybridized carbons (Fsp3) is 0.619. The fourth-order valence-corrected chi connectivity index (χ4v) is 3.16. The average molecular weight is 360 g/mol. The largest absolute Gasteiger partial charge is 0.337 e. The van der Waals surface area contributed by atoms with E-state index in [1.165, 1.54) is 5.56 Å². The minimum Gasteiger partial charge on any atom is -0.337 e. The van der Waals surface area contributed by atoms with Gasteiger partial charge in [-0.05, 0) is 57.2 Å². The molecule has 0 radical (unpaired) electrons. The van der Waals surface area contributed by atoms with E-state index in [1.54, 1.807) is 0 Å². The van der Waals surface area contributed by atoms with Gasteiger partial charge in [-0.25, -0.2) is 4.79 Å². The van der Waals surface area contributed by atoms with Crippen molar-refractivity contribution in [2.75, 3.05) is 26.2 Å². The maximum Gasteiger partial charge on any atom is 0.317 e. The number of carbonyl (C=O) groups excluding carboxylic acids is 2. The lowest BCUT2D eigenvalue weighted by atomic mass is 10.0. The van der Waals surface area contributed by atoms with Crippen molar-refractivity contribution in [1.29, 1.82) is 0 Å². The molecule has 5 heteroatoms. The van der Waals surface area contributed by atoms with Gasteiger partial charge in [-0.1, -0.05) is 26.0 Å². The topological polar surface area (TPSA) is 52.7 Å². The molecule has 144 valence electrons. The molecule has 1 fully saturated rings. The second-order valence-corrected chi connectivity index (χ2v) is 8.61. The zero-order valence-corrected chi connectivity index (χ0v) is 16.8. The van der Waals surface area contributed by atoms with Crippen LogP contribution in [0, 0.1) is 5.92 Å². The number of hydrogen-bond donors (Lipinski definition) is 1. The Morgan fingerprint density at radius 3 is 2.15 bits per heavy atom. The maximum atomic E-state index is 12.8. The summed E-state index contributed by atoms with van der Waals surface area (Å²) in [7, 11) is 0. The quantitative estimate of drug-likeness (QED) is 0.897. The maximum absolute atomic E-state index is 12.8. The highest BCUT2D eigenvalue weighted by molar-refractivity contribution is 5.94. The smallest absolute Gasteiger partial charge is 0.317 e. The Balaban J connectivity index is 1.95. The third kappa shape index (κ3) is 6.04. The van der Waals surface area contributed by atoms with Gasteiger partial charge in [0.15, 0.2) is 0 Å². The molecule has 0 bridgehead atoms. The summed E-state index contributed by atoms with van der Waals surface area (Å²) in [4.78, 5) is 28.8. The third-order valence-electron chi connectivity index (χ3n) is 4.40. The van der Waals surface area contributed by atoms with Gasteiger partial charge in [0.05, 0.1) is 0 Å². The first-order valence-electron chi connectivity index (χ1n) is 9.61. The molecule has 3 amide bonds. The molecule has 5 nitrogen and oxygen atoms in total. The van der Waals surface area contributed by atoms with Crippen molar-refractivity contribution < 1.29 is 9.59 Å². The number of nitrogens with zero attached hydrogens (tertiary/aromatic N) is 2. The van der Waals surface area contributed by atoms with Crippen LogP contribution in [0.1, 0.15) is 57.0 Å².